The smallest absolute Gasteiger partial charge is 0.135 e. The third-order valence-corrected chi connectivity index (χ3v) is 13.9. The zero-order chi connectivity index (χ0) is 41.9. The lowest BCUT2D eigenvalue weighted by Gasteiger charge is -2.32. The number of nitrogens with zero attached hydrogens (tertiary/aromatic N) is 1. The summed E-state index contributed by atoms with van der Waals surface area (Å²) in [5.74, 6) is 0. The topological polar surface area (TPSA) is 29.5 Å². The first-order chi connectivity index (χ1) is 31.7. The lowest BCUT2D eigenvalue weighted by molar-refractivity contribution is 0.668. The number of furan rings is 2. The van der Waals surface area contributed by atoms with Crippen LogP contribution in [0.25, 0.3) is 88.4 Å². The molecular formula is C61H37NO2. The van der Waals surface area contributed by atoms with E-state index in [1.54, 1.807) is 0 Å². The highest BCUT2D eigenvalue weighted by Gasteiger charge is 2.51. The molecule has 0 atom stereocenters. The molecule has 0 amide bonds. The van der Waals surface area contributed by atoms with Crippen LogP contribution in [0.2, 0.25) is 0 Å². The van der Waals surface area contributed by atoms with E-state index in [1.807, 2.05) is 24.3 Å². The van der Waals surface area contributed by atoms with Crippen molar-refractivity contribution in [2.45, 2.75) is 5.41 Å². The van der Waals surface area contributed by atoms with Gasteiger partial charge in [-0.1, -0.05) is 152 Å². The van der Waals surface area contributed by atoms with Crippen molar-refractivity contribution >= 4 is 60.9 Å². The predicted molar refractivity (Wildman–Crippen MR) is 263 cm³/mol. The number of hydrogen-bond acceptors (Lipinski definition) is 3. The molecular weight excluding hydrogens is 779 g/mol. The highest BCUT2D eigenvalue weighted by atomic mass is 16.3. The first-order valence-electron chi connectivity index (χ1n) is 22.0. The lowest BCUT2D eigenvalue weighted by atomic mass is 9.70. The molecule has 298 valence electrons. The van der Waals surface area contributed by atoms with E-state index in [2.05, 4.69) is 205 Å². The van der Waals surface area contributed by atoms with E-state index in [4.69, 9.17) is 8.83 Å². The van der Waals surface area contributed by atoms with Gasteiger partial charge in [-0.05, 0) is 140 Å². The molecule has 0 saturated carbocycles. The maximum absolute atomic E-state index is 6.18. The van der Waals surface area contributed by atoms with Crippen LogP contribution in [0, 0.1) is 0 Å². The molecule has 10 aromatic carbocycles. The van der Waals surface area contributed by atoms with Crippen LogP contribution in [0.4, 0.5) is 17.1 Å². The van der Waals surface area contributed by atoms with Crippen molar-refractivity contribution in [1.82, 2.24) is 0 Å². The van der Waals surface area contributed by atoms with Gasteiger partial charge in [0, 0.05) is 38.6 Å². The zero-order valence-electron chi connectivity index (χ0n) is 34.6. The average molecular weight is 816 g/mol. The summed E-state index contributed by atoms with van der Waals surface area (Å²) in [5, 5.41) is 4.52. The first kappa shape index (κ1) is 35.2. The van der Waals surface area contributed by atoms with Crippen LogP contribution in [0.1, 0.15) is 22.3 Å². The Labute approximate surface area is 369 Å². The van der Waals surface area contributed by atoms with Crippen molar-refractivity contribution < 1.29 is 8.83 Å². The molecule has 0 fully saturated rings. The molecule has 64 heavy (non-hydrogen) atoms. The van der Waals surface area contributed by atoms with Gasteiger partial charge in [-0.3, -0.25) is 0 Å². The largest absolute Gasteiger partial charge is 0.456 e. The van der Waals surface area contributed by atoms with Gasteiger partial charge in [0.2, 0.25) is 0 Å². The molecule has 2 aromatic heterocycles. The number of fused-ring (bicyclic) bond motifs is 16. The second-order valence-electron chi connectivity index (χ2n) is 17.2. The molecule has 3 heteroatoms. The molecule has 12 aromatic rings. The summed E-state index contributed by atoms with van der Waals surface area (Å²) >= 11 is 0. The summed E-state index contributed by atoms with van der Waals surface area (Å²) in [6.07, 6.45) is 0. The summed E-state index contributed by atoms with van der Waals surface area (Å²) in [7, 11) is 0. The summed E-state index contributed by atoms with van der Waals surface area (Å²) in [6, 6.07) is 81.8. The van der Waals surface area contributed by atoms with Crippen molar-refractivity contribution in [3.05, 3.63) is 247 Å². The van der Waals surface area contributed by atoms with Gasteiger partial charge in [-0.2, -0.15) is 0 Å². The average Bonchev–Trinajstić information content (AvgIpc) is 4.09. The Morgan fingerprint density at radius 1 is 0.266 bits per heavy atom. The van der Waals surface area contributed by atoms with Gasteiger partial charge in [0.05, 0.1) is 5.41 Å². The number of hydrogen-bond donors (Lipinski definition) is 0. The molecule has 0 N–H and O–H groups in total. The molecule has 3 nitrogen and oxygen atoms in total. The van der Waals surface area contributed by atoms with Crippen LogP contribution in [0.5, 0.6) is 0 Å². The van der Waals surface area contributed by atoms with Crippen LogP contribution in [-0.2, 0) is 5.41 Å². The molecule has 0 saturated heterocycles. The van der Waals surface area contributed by atoms with Gasteiger partial charge in [-0.25, -0.2) is 0 Å². The van der Waals surface area contributed by atoms with Crippen LogP contribution in [-0.4, -0.2) is 0 Å². The molecule has 14 rings (SSSR count). The third kappa shape index (κ3) is 4.92. The fourth-order valence-corrected chi connectivity index (χ4v) is 11.1. The Morgan fingerprint density at radius 2 is 0.641 bits per heavy atom. The van der Waals surface area contributed by atoms with Crippen molar-refractivity contribution in [2.24, 2.45) is 0 Å². The number of rotatable bonds is 5. The van der Waals surface area contributed by atoms with E-state index < -0.39 is 5.41 Å². The zero-order valence-corrected chi connectivity index (χ0v) is 34.6. The molecule has 1 spiro atoms. The SMILES string of the molecule is c1ccc2c(c1)-c1ccccc1C21c2ccccc2-c2ccc(N(c3ccc(-c4ccc5oc6ccccc6c5c4)cc3)c3ccc(-c4ccc5oc6ccccc6c5c4)cc3)cc21. The maximum Gasteiger partial charge on any atom is 0.135 e. The lowest BCUT2D eigenvalue weighted by Crippen LogP contribution is -2.26. The van der Waals surface area contributed by atoms with Gasteiger partial charge in [-0.15, -0.1) is 0 Å². The van der Waals surface area contributed by atoms with E-state index in [-0.39, 0.29) is 0 Å². The minimum Gasteiger partial charge on any atom is -0.456 e. The molecule has 0 aliphatic heterocycles. The molecule has 2 aliphatic rings. The number of anilines is 3. The molecule has 2 aliphatic carbocycles. The van der Waals surface area contributed by atoms with E-state index in [1.165, 1.54) is 44.5 Å². The highest BCUT2D eigenvalue weighted by molar-refractivity contribution is 6.07. The van der Waals surface area contributed by atoms with Gasteiger partial charge in [0.25, 0.3) is 0 Å². The summed E-state index contributed by atoms with van der Waals surface area (Å²) in [6.45, 7) is 0. The van der Waals surface area contributed by atoms with Crippen LogP contribution >= 0.6 is 0 Å². The minimum absolute atomic E-state index is 0.444. The third-order valence-electron chi connectivity index (χ3n) is 13.9. The van der Waals surface area contributed by atoms with E-state index in [0.717, 1.165) is 83.2 Å². The quantitative estimate of drug-likeness (QED) is 0.173. The van der Waals surface area contributed by atoms with Gasteiger partial charge >= 0.3 is 0 Å². The van der Waals surface area contributed by atoms with E-state index in [0.29, 0.717) is 0 Å². The second-order valence-corrected chi connectivity index (χ2v) is 17.2. The number of benzene rings is 10. The Kier molecular flexibility index (Phi) is 7.32. The van der Waals surface area contributed by atoms with Crippen molar-refractivity contribution in [1.29, 1.82) is 0 Å². The fraction of sp³-hybridized carbons (Fsp3) is 0.0164. The van der Waals surface area contributed by atoms with Crippen molar-refractivity contribution in [3.8, 4) is 44.5 Å². The minimum atomic E-state index is -0.444. The fourth-order valence-electron chi connectivity index (χ4n) is 11.1. The van der Waals surface area contributed by atoms with Crippen LogP contribution < -0.4 is 4.90 Å². The van der Waals surface area contributed by atoms with Crippen molar-refractivity contribution in [3.63, 3.8) is 0 Å². The molecule has 0 radical (unpaired) electrons. The Balaban J connectivity index is 0.933. The van der Waals surface area contributed by atoms with E-state index in [9.17, 15) is 0 Å². The van der Waals surface area contributed by atoms with Gasteiger partial charge in [0.15, 0.2) is 0 Å². The van der Waals surface area contributed by atoms with Gasteiger partial charge < -0.3 is 13.7 Å². The second kappa shape index (κ2) is 13.3. The maximum atomic E-state index is 6.18. The summed E-state index contributed by atoms with van der Waals surface area (Å²) in [5.41, 5.74) is 21.5. The molecule has 0 unspecified atom stereocenters. The number of para-hydroxylation sites is 2. The summed E-state index contributed by atoms with van der Waals surface area (Å²) < 4.78 is 12.4. The molecule has 2 heterocycles. The summed E-state index contributed by atoms with van der Waals surface area (Å²) in [4.78, 5) is 2.41. The first-order valence-corrected chi connectivity index (χ1v) is 22.0. The Hall–Kier alpha value is -8.40. The normalized spacial score (nSPS) is 13.1. The van der Waals surface area contributed by atoms with Gasteiger partial charge in [0.1, 0.15) is 22.3 Å². The standard InChI is InChI=1S/C61H37NO2/c1-6-16-53-45(11-1)46-12-2-7-17-54(46)61(53)55-18-8-3-13-47(55)48-32-31-44(37-56(48)61)62(42-27-21-38(22-28-42)40-25-33-59-51(35-40)49-14-4-9-19-57(49)63-59)43-29-23-39(24-30-43)41-26-34-60-52(36-41)50-15-5-10-20-58(50)64-60/h1-37H. The van der Waals surface area contributed by atoms with E-state index >= 15 is 0 Å². The highest BCUT2D eigenvalue weighted by Crippen LogP contribution is 2.63. The predicted octanol–water partition coefficient (Wildman–Crippen LogP) is 16.6. The van der Waals surface area contributed by atoms with Crippen LogP contribution in [0.3, 0.4) is 0 Å². The molecule has 0 bridgehead atoms. The van der Waals surface area contributed by atoms with Crippen LogP contribution in [0.15, 0.2) is 233 Å². The Morgan fingerprint density at radius 3 is 1.12 bits per heavy atom. The monoisotopic (exact) mass is 815 g/mol. The Bertz CT molecular complexity index is 3630. The van der Waals surface area contributed by atoms with Crippen molar-refractivity contribution in [2.75, 3.05) is 4.90 Å².